The second kappa shape index (κ2) is 4.73. The molecule has 3 rings (SSSR count). The molecule has 20 heavy (non-hydrogen) atoms. The van der Waals surface area contributed by atoms with E-state index in [2.05, 4.69) is 15.3 Å². The van der Waals surface area contributed by atoms with Gasteiger partial charge >= 0.3 is 0 Å². The molecule has 4 N–H and O–H groups in total. The molecule has 2 aromatic carbocycles. The van der Waals surface area contributed by atoms with E-state index >= 15 is 0 Å². The van der Waals surface area contributed by atoms with Gasteiger partial charge in [-0.3, -0.25) is 0 Å². The molecule has 1 heterocycles. The highest BCUT2D eigenvalue weighted by molar-refractivity contribution is 5.81. The summed E-state index contributed by atoms with van der Waals surface area (Å²) in [7, 11) is 1.43. The lowest BCUT2D eigenvalue weighted by molar-refractivity contribution is 0.386. The van der Waals surface area contributed by atoms with E-state index in [4.69, 9.17) is 10.5 Å². The van der Waals surface area contributed by atoms with Gasteiger partial charge in [0.05, 0.1) is 18.1 Å². The van der Waals surface area contributed by atoms with Crippen LogP contribution in [-0.2, 0) is 0 Å². The van der Waals surface area contributed by atoms with Crippen LogP contribution in [0.15, 0.2) is 36.4 Å². The largest absolute Gasteiger partial charge is 0.494 e. The number of nitrogens with zero attached hydrogens (tertiary/aromatic N) is 1. The summed E-state index contributed by atoms with van der Waals surface area (Å²) in [5.74, 6) is 0.293. The molecular formula is C14H13FN4O. The van der Waals surface area contributed by atoms with E-state index in [1.807, 2.05) is 6.07 Å². The van der Waals surface area contributed by atoms with E-state index in [0.29, 0.717) is 17.3 Å². The number of rotatable bonds is 3. The number of nitrogens with two attached hydrogens (primary N) is 1. The van der Waals surface area contributed by atoms with E-state index in [1.165, 1.54) is 13.2 Å². The van der Waals surface area contributed by atoms with Gasteiger partial charge in [0, 0.05) is 17.4 Å². The molecule has 3 aromatic rings. The SMILES string of the molecule is COc1ccc(Nc2nc3ccc(N)cc3[nH]2)cc1F. The minimum Gasteiger partial charge on any atom is -0.494 e. The van der Waals surface area contributed by atoms with Crippen LogP contribution in [-0.4, -0.2) is 17.1 Å². The maximum atomic E-state index is 13.6. The number of nitrogens with one attached hydrogen (secondary N) is 2. The molecule has 0 fully saturated rings. The quantitative estimate of drug-likeness (QED) is 0.640. The summed E-state index contributed by atoms with van der Waals surface area (Å²) in [4.78, 5) is 7.42. The van der Waals surface area contributed by atoms with Crippen LogP contribution in [0.1, 0.15) is 0 Å². The Balaban J connectivity index is 1.90. The summed E-state index contributed by atoms with van der Waals surface area (Å²) >= 11 is 0. The Kier molecular flexibility index (Phi) is 2.90. The number of hydrogen-bond acceptors (Lipinski definition) is 4. The average Bonchev–Trinajstić information content (AvgIpc) is 2.80. The van der Waals surface area contributed by atoms with Crippen LogP contribution in [0.4, 0.5) is 21.7 Å². The summed E-state index contributed by atoms with van der Waals surface area (Å²) in [5.41, 5.74) is 8.55. The molecule has 0 saturated carbocycles. The molecule has 1 aromatic heterocycles. The monoisotopic (exact) mass is 272 g/mol. The first-order chi connectivity index (χ1) is 9.65. The molecule has 6 heteroatoms. The van der Waals surface area contributed by atoms with Crippen LogP contribution in [0, 0.1) is 5.82 Å². The van der Waals surface area contributed by atoms with E-state index in [0.717, 1.165) is 11.0 Å². The normalized spacial score (nSPS) is 10.7. The van der Waals surface area contributed by atoms with Crippen LogP contribution in [0.2, 0.25) is 0 Å². The number of benzene rings is 2. The highest BCUT2D eigenvalue weighted by atomic mass is 19.1. The Hall–Kier alpha value is -2.76. The zero-order valence-electron chi connectivity index (χ0n) is 10.8. The van der Waals surface area contributed by atoms with Gasteiger partial charge < -0.3 is 20.8 Å². The van der Waals surface area contributed by atoms with Crippen molar-refractivity contribution in [2.75, 3.05) is 18.2 Å². The number of halogens is 1. The summed E-state index contributed by atoms with van der Waals surface area (Å²) < 4.78 is 18.5. The number of ether oxygens (including phenoxy) is 1. The Labute approximate surface area is 114 Å². The van der Waals surface area contributed by atoms with Gasteiger partial charge in [0.25, 0.3) is 0 Å². The molecule has 0 amide bonds. The maximum absolute atomic E-state index is 13.6. The van der Waals surface area contributed by atoms with Gasteiger partial charge in [0.2, 0.25) is 5.95 Å². The lowest BCUT2D eigenvalue weighted by Crippen LogP contribution is -1.94. The fourth-order valence-electron chi connectivity index (χ4n) is 1.97. The molecule has 0 saturated heterocycles. The van der Waals surface area contributed by atoms with E-state index in [1.54, 1.807) is 24.3 Å². The van der Waals surface area contributed by atoms with Gasteiger partial charge in [0.1, 0.15) is 0 Å². The molecule has 102 valence electrons. The van der Waals surface area contributed by atoms with Crippen molar-refractivity contribution in [3.05, 3.63) is 42.2 Å². The van der Waals surface area contributed by atoms with Crippen molar-refractivity contribution in [2.45, 2.75) is 0 Å². The number of hydrogen-bond donors (Lipinski definition) is 3. The first kappa shape index (κ1) is 12.3. The molecule has 5 nitrogen and oxygen atoms in total. The number of aromatic amines is 1. The summed E-state index contributed by atoms with van der Waals surface area (Å²) in [6, 6.07) is 10.0. The number of fused-ring (bicyclic) bond motifs is 1. The first-order valence-corrected chi connectivity index (χ1v) is 6.01. The van der Waals surface area contributed by atoms with Gasteiger partial charge in [-0.1, -0.05) is 0 Å². The number of anilines is 3. The Morgan fingerprint density at radius 1 is 1.25 bits per heavy atom. The highest BCUT2D eigenvalue weighted by Gasteiger charge is 2.06. The van der Waals surface area contributed by atoms with Crippen molar-refractivity contribution >= 4 is 28.4 Å². The topological polar surface area (TPSA) is 76.0 Å². The van der Waals surface area contributed by atoms with Gasteiger partial charge in [-0.25, -0.2) is 9.37 Å². The zero-order chi connectivity index (χ0) is 14.1. The predicted molar refractivity (Wildman–Crippen MR) is 76.7 cm³/mol. The average molecular weight is 272 g/mol. The van der Waals surface area contributed by atoms with Crippen molar-refractivity contribution < 1.29 is 9.13 Å². The van der Waals surface area contributed by atoms with E-state index < -0.39 is 5.82 Å². The van der Waals surface area contributed by atoms with Crippen LogP contribution in [0.3, 0.4) is 0 Å². The Morgan fingerprint density at radius 3 is 2.85 bits per heavy atom. The molecular weight excluding hydrogens is 259 g/mol. The molecule has 0 aliphatic carbocycles. The van der Waals surface area contributed by atoms with Crippen LogP contribution >= 0.6 is 0 Å². The molecule has 0 unspecified atom stereocenters. The minimum absolute atomic E-state index is 0.202. The lowest BCUT2D eigenvalue weighted by atomic mass is 10.3. The smallest absolute Gasteiger partial charge is 0.205 e. The number of nitrogen functional groups attached to an aromatic ring is 1. The fraction of sp³-hybridized carbons (Fsp3) is 0.0714. The van der Waals surface area contributed by atoms with Gasteiger partial charge in [-0.15, -0.1) is 0 Å². The molecule has 0 aliphatic heterocycles. The predicted octanol–water partition coefficient (Wildman–Crippen LogP) is 3.04. The zero-order valence-corrected chi connectivity index (χ0v) is 10.8. The Bertz CT molecular complexity index is 769. The maximum Gasteiger partial charge on any atom is 0.205 e. The third-order valence-electron chi connectivity index (χ3n) is 2.92. The van der Waals surface area contributed by atoms with Gasteiger partial charge in [0.15, 0.2) is 11.6 Å². The van der Waals surface area contributed by atoms with E-state index in [9.17, 15) is 4.39 Å². The summed E-state index contributed by atoms with van der Waals surface area (Å²) in [6.45, 7) is 0. The number of aromatic nitrogens is 2. The van der Waals surface area contributed by atoms with Crippen molar-refractivity contribution in [1.82, 2.24) is 9.97 Å². The van der Waals surface area contributed by atoms with E-state index in [-0.39, 0.29) is 5.75 Å². The number of methoxy groups -OCH3 is 1. The standard InChI is InChI=1S/C14H13FN4O/c1-20-13-5-3-9(7-10(13)15)17-14-18-11-4-2-8(16)6-12(11)19-14/h2-7H,16H2,1H3,(H2,17,18,19). The summed E-state index contributed by atoms with van der Waals surface area (Å²) in [5, 5.41) is 3.00. The third kappa shape index (κ3) is 2.23. The van der Waals surface area contributed by atoms with Gasteiger partial charge in [-0.2, -0.15) is 0 Å². The molecule has 0 spiro atoms. The van der Waals surface area contributed by atoms with Crippen molar-refractivity contribution in [1.29, 1.82) is 0 Å². The second-order valence-corrected chi connectivity index (χ2v) is 4.34. The van der Waals surface area contributed by atoms with Gasteiger partial charge in [-0.05, 0) is 30.3 Å². The van der Waals surface area contributed by atoms with Crippen molar-refractivity contribution in [2.24, 2.45) is 0 Å². The van der Waals surface area contributed by atoms with Crippen LogP contribution in [0.5, 0.6) is 5.75 Å². The number of H-pyrrole nitrogens is 1. The molecule has 0 atom stereocenters. The lowest BCUT2D eigenvalue weighted by Gasteiger charge is -2.05. The third-order valence-corrected chi connectivity index (χ3v) is 2.92. The fourth-order valence-corrected chi connectivity index (χ4v) is 1.97. The summed E-state index contributed by atoms with van der Waals surface area (Å²) in [6.07, 6.45) is 0. The first-order valence-electron chi connectivity index (χ1n) is 6.01. The van der Waals surface area contributed by atoms with Crippen LogP contribution in [0.25, 0.3) is 11.0 Å². The second-order valence-electron chi connectivity index (χ2n) is 4.34. The number of imidazole rings is 1. The molecule has 0 radical (unpaired) electrons. The van der Waals surface area contributed by atoms with Crippen molar-refractivity contribution in [3.8, 4) is 5.75 Å². The Morgan fingerprint density at radius 2 is 2.10 bits per heavy atom. The van der Waals surface area contributed by atoms with Crippen molar-refractivity contribution in [3.63, 3.8) is 0 Å². The highest BCUT2D eigenvalue weighted by Crippen LogP contribution is 2.24. The molecule has 0 bridgehead atoms. The minimum atomic E-state index is -0.433. The molecule has 0 aliphatic rings. The van der Waals surface area contributed by atoms with Crippen LogP contribution < -0.4 is 15.8 Å².